The second-order valence-corrected chi connectivity index (χ2v) is 4.41. The molecule has 0 aromatic heterocycles. The predicted molar refractivity (Wildman–Crippen MR) is 37.0 cm³/mol. The third-order valence-electron chi connectivity index (χ3n) is 4.32. The second-order valence-electron chi connectivity index (χ2n) is 4.41. The SMILES string of the molecule is CC1C2CC3CC2CC31. The van der Waals surface area contributed by atoms with Crippen molar-refractivity contribution in [3.8, 4) is 0 Å². The molecule has 0 heterocycles. The molecular formula is C9H14. The maximum Gasteiger partial charge on any atom is -0.0354 e. The van der Waals surface area contributed by atoms with Gasteiger partial charge in [-0.25, -0.2) is 0 Å². The average Bonchev–Trinajstić information content (AvgIpc) is 2.46. The number of hydrogen-bond donors (Lipinski definition) is 0. The average molecular weight is 122 g/mol. The van der Waals surface area contributed by atoms with Crippen LogP contribution in [-0.4, -0.2) is 0 Å². The first-order valence-electron chi connectivity index (χ1n) is 4.36. The molecule has 4 fully saturated rings. The Labute approximate surface area is 56.6 Å². The lowest BCUT2D eigenvalue weighted by Gasteiger charge is -2.14. The Morgan fingerprint density at radius 3 is 1.67 bits per heavy atom. The molecule has 0 spiro atoms. The van der Waals surface area contributed by atoms with Crippen LogP contribution in [0.1, 0.15) is 26.2 Å². The van der Waals surface area contributed by atoms with Crippen molar-refractivity contribution in [1.29, 1.82) is 0 Å². The molecule has 4 aliphatic carbocycles. The van der Waals surface area contributed by atoms with Gasteiger partial charge >= 0.3 is 0 Å². The molecule has 4 aliphatic rings. The fraction of sp³-hybridized carbons (Fsp3) is 1.00. The van der Waals surface area contributed by atoms with Gasteiger partial charge < -0.3 is 0 Å². The van der Waals surface area contributed by atoms with Gasteiger partial charge in [-0.15, -0.1) is 0 Å². The minimum absolute atomic E-state index is 1.12. The van der Waals surface area contributed by atoms with Crippen molar-refractivity contribution in [2.24, 2.45) is 29.6 Å². The van der Waals surface area contributed by atoms with E-state index in [0.717, 1.165) is 5.92 Å². The summed E-state index contributed by atoms with van der Waals surface area (Å²) in [4.78, 5) is 0. The van der Waals surface area contributed by atoms with Crippen LogP contribution in [0.4, 0.5) is 0 Å². The maximum atomic E-state index is 2.48. The quantitative estimate of drug-likeness (QED) is 0.462. The molecule has 0 N–H and O–H groups in total. The van der Waals surface area contributed by atoms with Crippen LogP contribution in [0.2, 0.25) is 0 Å². The molecular weight excluding hydrogens is 108 g/mol. The Hall–Kier alpha value is 0. The van der Waals surface area contributed by atoms with Gasteiger partial charge in [-0.2, -0.15) is 0 Å². The number of rotatable bonds is 0. The normalized spacial score (nSPS) is 68.3. The summed E-state index contributed by atoms with van der Waals surface area (Å²) in [5.41, 5.74) is 0. The number of hydrogen-bond acceptors (Lipinski definition) is 0. The van der Waals surface area contributed by atoms with E-state index >= 15 is 0 Å². The van der Waals surface area contributed by atoms with E-state index in [0.29, 0.717) is 0 Å². The summed E-state index contributed by atoms with van der Waals surface area (Å²) in [6.45, 7) is 2.48. The van der Waals surface area contributed by atoms with Gasteiger partial charge in [0, 0.05) is 0 Å². The molecule has 9 heavy (non-hydrogen) atoms. The zero-order valence-corrected chi connectivity index (χ0v) is 6.01. The summed E-state index contributed by atoms with van der Waals surface area (Å²) in [7, 11) is 0. The molecule has 0 radical (unpaired) electrons. The first-order chi connectivity index (χ1) is 4.36. The van der Waals surface area contributed by atoms with Crippen LogP contribution in [0.25, 0.3) is 0 Å². The summed E-state index contributed by atoms with van der Waals surface area (Å²) < 4.78 is 0. The fourth-order valence-corrected chi connectivity index (χ4v) is 3.97. The zero-order chi connectivity index (χ0) is 6.01. The van der Waals surface area contributed by atoms with Crippen molar-refractivity contribution >= 4 is 0 Å². The largest absolute Gasteiger partial charge is 0.0620 e. The first kappa shape index (κ1) is 4.76. The molecule has 4 saturated carbocycles. The van der Waals surface area contributed by atoms with Gasteiger partial charge in [0.05, 0.1) is 0 Å². The Balaban J connectivity index is 2.08. The topological polar surface area (TPSA) is 0 Å². The fourth-order valence-electron chi connectivity index (χ4n) is 3.97. The molecule has 50 valence electrons. The highest BCUT2D eigenvalue weighted by Gasteiger charge is 2.57. The monoisotopic (exact) mass is 122 g/mol. The van der Waals surface area contributed by atoms with Crippen LogP contribution in [-0.2, 0) is 0 Å². The molecule has 0 nitrogen and oxygen atoms in total. The van der Waals surface area contributed by atoms with Crippen LogP contribution >= 0.6 is 0 Å². The molecule has 4 unspecified atom stereocenters. The van der Waals surface area contributed by atoms with Crippen molar-refractivity contribution in [2.45, 2.75) is 26.2 Å². The molecule has 0 aliphatic heterocycles. The molecule has 0 saturated heterocycles. The molecule has 4 rings (SSSR count). The zero-order valence-electron chi connectivity index (χ0n) is 6.01. The Morgan fingerprint density at radius 1 is 0.889 bits per heavy atom. The molecule has 0 aromatic carbocycles. The lowest BCUT2D eigenvalue weighted by atomic mass is 9.91. The van der Waals surface area contributed by atoms with Crippen molar-refractivity contribution in [3.05, 3.63) is 0 Å². The van der Waals surface area contributed by atoms with Gasteiger partial charge in [-0.3, -0.25) is 0 Å². The van der Waals surface area contributed by atoms with E-state index in [4.69, 9.17) is 0 Å². The molecule has 4 bridgehead atoms. The lowest BCUT2D eigenvalue weighted by molar-refractivity contribution is 0.339. The first-order valence-corrected chi connectivity index (χ1v) is 4.36. The summed E-state index contributed by atoms with van der Waals surface area (Å²) in [5.74, 6) is 5.86. The van der Waals surface area contributed by atoms with Gasteiger partial charge in [0.2, 0.25) is 0 Å². The summed E-state index contributed by atoms with van der Waals surface area (Å²) in [5, 5.41) is 0. The minimum atomic E-state index is 1.12. The molecule has 0 heteroatoms. The molecule has 0 aromatic rings. The minimum Gasteiger partial charge on any atom is -0.0620 e. The summed E-state index contributed by atoms with van der Waals surface area (Å²) in [6, 6.07) is 0. The standard InChI is InChI=1S/C9H14/c1-5-8-3-6-2-7(8)4-9(5)6/h5-9H,2-4H2,1H3. The van der Waals surface area contributed by atoms with E-state index in [9.17, 15) is 0 Å². The van der Waals surface area contributed by atoms with Gasteiger partial charge in [0.25, 0.3) is 0 Å². The smallest absolute Gasteiger partial charge is 0.0354 e. The van der Waals surface area contributed by atoms with E-state index in [1.807, 2.05) is 0 Å². The van der Waals surface area contributed by atoms with Gasteiger partial charge in [-0.1, -0.05) is 6.92 Å². The Bertz CT molecular complexity index is 130. The third kappa shape index (κ3) is 0.367. The van der Waals surface area contributed by atoms with Crippen LogP contribution in [0.3, 0.4) is 0 Å². The van der Waals surface area contributed by atoms with E-state index in [-0.39, 0.29) is 0 Å². The van der Waals surface area contributed by atoms with Gasteiger partial charge in [0.15, 0.2) is 0 Å². The lowest BCUT2D eigenvalue weighted by Crippen LogP contribution is -2.08. The molecule has 4 atom stereocenters. The summed E-state index contributed by atoms with van der Waals surface area (Å²) >= 11 is 0. The second kappa shape index (κ2) is 1.21. The highest BCUT2D eigenvalue weighted by Crippen LogP contribution is 2.65. The van der Waals surface area contributed by atoms with Crippen molar-refractivity contribution in [1.82, 2.24) is 0 Å². The van der Waals surface area contributed by atoms with Crippen molar-refractivity contribution in [2.75, 3.05) is 0 Å². The van der Waals surface area contributed by atoms with Gasteiger partial charge in [-0.05, 0) is 48.9 Å². The van der Waals surface area contributed by atoms with Gasteiger partial charge in [0.1, 0.15) is 0 Å². The maximum absolute atomic E-state index is 2.48. The summed E-state index contributed by atoms with van der Waals surface area (Å²) in [6.07, 6.45) is 4.83. The van der Waals surface area contributed by atoms with Crippen molar-refractivity contribution in [3.63, 3.8) is 0 Å². The third-order valence-corrected chi connectivity index (χ3v) is 4.32. The molecule has 0 amide bonds. The van der Waals surface area contributed by atoms with Crippen LogP contribution in [0.5, 0.6) is 0 Å². The van der Waals surface area contributed by atoms with E-state index in [2.05, 4.69) is 6.92 Å². The van der Waals surface area contributed by atoms with E-state index < -0.39 is 0 Å². The Morgan fingerprint density at radius 2 is 1.44 bits per heavy atom. The van der Waals surface area contributed by atoms with Crippen LogP contribution in [0, 0.1) is 29.6 Å². The Kier molecular flexibility index (Phi) is 0.640. The van der Waals surface area contributed by atoms with Crippen LogP contribution in [0.15, 0.2) is 0 Å². The van der Waals surface area contributed by atoms with E-state index in [1.165, 1.54) is 23.7 Å². The van der Waals surface area contributed by atoms with Crippen molar-refractivity contribution < 1.29 is 0 Å². The van der Waals surface area contributed by atoms with Crippen LogP contribution < -0.4 is 0 Å². The highest BCUT2D eigenvalue weighted by molar-refractivity contribution is 5.06. The highest BCUT2D eigenvalue weighted by atomic mass is 14.6. The predicted octanol–water partition coefficient (Wildman–Crippen LogP) is 2.30. The van der Waals surface area contributed by atoms with E-state index in [1.54, 1.807) is 19.3 Å².